The number of aliphatic hydroxyl groups excluding tert-OH is 2. The van der Waals surface area contributed by atoms with Crippen LogP contribution in [0.15, 0.2) is 12.2 Å². The maximum atomic E-state index is 11.4. The molecule has 0 aromatic heterocycles. The van der Waals surface area contributed by atoms with Crippen molar-refractivity contribution in [1.29, 1.82) is 0 Å². The molecule has 124 valence electrons. The van der Waals surface area contributed by atoms with Crippen LogP contribution in [-0.2, 0) is 9.53 Å². The highest BCUT2D eigenvalue weighted by molar-refractivity contribution is 5.69. The van der Waals surface area contributed by atoms with Crippen molar-refractivity contribution in [3.8, 4) is 0 Å². The van der Waals surface area contributed by atoms with E-state index in [0.717, 1.165) is 25.7 Å². The molecule has 0 fully saturated rings. The van der Waals surface area contributed by atoms with Crippen LogP contribution >= 0.6 is 0 Å². The summed E-state index contributed by atoms with van der Waals surface area (Å²) in [5, 5.41) is 17.6. The average molecular weight is 300 g/mol. The van der Waals surface area contributed by atoms with Crippen LogP contribution in [0, 0.1) is 0 Å². The van der Waals surface area contributed by atoms with Crippen LogP contribution in [0.25, 0.3) is 0 Å². The van der Waals surface area contributed by atoms with Crippen LogP contribution in [0.5, 0.6) is 0 Å². The van der Waals surface area contributed by atoms with Crippen molar-refractivity contribution in [1.82, 2.24) is 0 Å². The Kier molecular flexibility index (Phi) is 14.9. The van der Waals surface area contributed by atoms with E-state index in [0.29, 0.717) is 6.42 Å². The van der Waals surface area contributed by atoms with Crippen molar-refractivity contribution in [2.45, 2.75) is 77.2 Å². The van der Waals surface area contributed by atoms with Gasteiger partial charge in [0.05, 0.1) is 13.2 Å². The number of carbonyl (C=O) groups excluding carboxylic acids is 1. The molecule has 0 bridgehead atoms. The topological polar surface area (TPSA) is 66.8 Å². The molecule has 0 amide bonds. The molecule has 0 aromatic rings. The lowest BCUT2D eigenvalue weighted by molar-refractivity contribution is -0.153. The van der Waals surface area contributed by atoms with Crippen LogP contribution < -0.4 is 0 Å². The fraction of sp³-hybridized carbons (Fsp3) is 0.824. The molecular formula is C17H32O4. The molecule has 0 aliphatic heterocycles. The van der Waals surface area contributed by atoms with Gasteiger partial charge in [-0.2, -0.15) is 0 Å². The highest BCUT2D eigenvalue weighted by atomic mass is 16.6. The van der Waals surface area contributed by atoms with Crippen molar-refractivity contribution < 1.29 is 19.7 Å². The second-order valence-electron chi connectivity index (χ2n) is 5.40. The quantitative estimate of drug-likeness (QED) is 0.293. The van der Waals surface area contributed by atoms with E-state index >= 15 is 0 Å². The molecule has 0 aliphatic rings. The third-order valence-electron chi connectivity index (χ3n) is 3.35. The van der Waals surface area contributed by atoms with Gasteiger partial charge >= 0.3 is 5.97 Å². The molecule has 0 rings (SSSR count). The summed E-state index contributed by atoms with van der Waals surface area (Å²) in [4.78, 5) is 11.4. The van der Waals surface area contributed by atoms with Gasteiger partial charge in [0.15, 0.2) is 0 Å². The molecule has 0 aliphatic carbocycles. The first kappa shape index (κ1) is 20.1. The third-order valence-corrected chi connectivity index (χ3v) is 3.35. The lowest BCUT2D eigenvalue weighted by atomic mass is 10.1. The molecule has 0 spiro atoms. The predicted octanol–water partition coefficient (Wildman–Crippen LogP) is 3.36. The van der Waals surface area contributed by atoms with Gasteiger partial charge in [0, 0.05) is 6.42 Å². The first-order valence-corrected chi connectivity index (χ1v) is 8.30. The van der Waals surface area contributed by atoms with Crippen molar-refractivity contribution in [3.63, 3.8) is 0 Å². The Morgan fingerprint density at radius 1 is 0.952 bits per heavy atom. The molecule has 0 saturated heterocycles. The maximum Gasteiger partial charge on any atom is 0.306 e. The SMILES string of the molecule is CCCC/C=C\CCCCCCCC(=O)OC(CO)CO. The van der Waals surface area contributed by atoms with Gasteiger partial charge < -0.3 is 14.9 Å². The first-order chi connectivity index (χ1) is 10.2. The highest BCUT2D eigenvalue weighted by Crippen LogP contribution is 2.09. The van der Waals surface area contributed by atoms with Gasteiger partial charge in [-0.3, -0.25) is 4.79 Å². The van der Waals surface area contributed by atoms with E-state index < -0.39 is 6.10 Å². The summed E-state index contributed by atoms with van der Waals surface area (Å²) in [5.74, 6) is -0.332. The third kappa shape index (κ3) is 13.9. The minimum Gasteiger partial charge on any atom is -0.457 e. The van der Waals surface area contributed by atoms with Crippen molar-refractivity contribution in [2.24, 2.45) is 0 Å². The molecule has 0 atom stereocenters. The molecule has 4 nitrogen and oxygen atoms in total. The van der Waals surface area contributed by atoms with E-state index in [1.54, 1.807) is 0 Å². The molecule has 0 saturated carbocycles. The molecule has 0 aromatic carbocycles. The summed E-state index contributed by atoms with van der Waals surface area (Å²) in [5.41, 5.74) is 0. The number of aliphatic hydroxyl groups is 2. The summed E-state index contributed by atoms with van der Waals surface area (Å²) in [6.07, 6.45) is 14.4. The van der Waals surface area contributed by atoms with Gasteiger partial charge in [-0.25, -0.2) is 0 Å². The average Bonchev–Trinajstić information content (AvgIpc) is 2.50. The van der Waals surface area contributed by atoms with Crippen LogP contribution in [0.2, 0.25) is 0 Å². The molecule has 0 radical (unpaired) electrons. The number of carbonyl (C=O) groups is 1. The van der Waals surface area contributed by atoms with Gasteiger partial charge in [-0.15, -0.1) is 0 Å². The Bertz CT molecular complexity index is 260. The highest BCUT2D eigenvalue weighted by Gasteiger charge is 2.11. The van der Waals surface area contributed by atoms with Crippen LogP contribution in [0.4, 0.5) is 0 Å². The van der Waals surface area contributed by atoms with E-state index in [1.807, 2.05) is 0 Å². The number of hydrogen-bond donors (Lipinski definition) is 2. The predicted molar refractivity (Wildman–Crippen MR) is 85.0 cm³/mol. The minimum atomic E-state index is -0.767. The fourth-order valence-electron chi connectivity index (χ4n) is 2.00. The van der Waals surface area contributed by atoms with E-state index in [-0.39, 0.29) is 19.2 Å². The molecule has 4 heteroatoms. The summed E-state index contributed by atoms with van der Waals surface area (Å²) in [6.45, 7) is 1.55. The van der Waals surface area contributed by atoms with Gasteiger partial charge in [0.2, 0.25) is 0 Å². The standard InChI is InChI=1S/C17H32O4/c1-2-3-4-5-6-7-8-9-10-11-12-13-17(20)21-16(14-18)15-19/h5-6,16,18-19H,2-4,7-15H2,1H3/b6-5-. The molecule has 21 heavy (non-hydrogen) atoms. The lowest BCUT2D eigenvalue weighted by Gasteiger charge is -2.12. The van der Waals surface area contributed by atoms with E-state index in [9.17, 15) is 4.79 Å². The number of esters is 1. The monoisotopic (exact) mass is 300 g/mol. The van der Waals surface area contributed by atoms with Crippen LogP contribution in [-0.4, -0.2) is 35.5 Å². The summed E-state index contributed by atoms with van der Waals surface area (Å²) >= 11 is 0. The molecular weight excluding hydrogens is 268 g/mol. The number of allylic oxidation sites excluding steroid dienone is 2. The fourth-order valence-corrected chi connectivity index (χ4v) is 2.00. The number of unbranched alkanes of at least 4 members (excludes halogenated alkanes) is 7. The Morgan fingerprint density at radius 2 is 1.52 bits per heavy atom. The zero-order valence-electron chi connectivity index (χ0n) is 13.4. The van der Waals surface area contributed by atoms with Crippen molar-refractivity contribution >= 4 is 5.97 Å². The second-order valence-corrected chi connectivity index (χ2v) is 5.40. The lowest BCUT2D eigenvalue weighted by Crippen LogP contribution is -2.25. The number of ether oxygens (including phenoxy) is 1. The molecule has 0 heterocycles. The molecule has 0 unspecified atom stereocenters. The summed E-state index contributed by atoms with van der Waals surface area (Å²) in [6, 6.07) is 0. The van der Waals surface area contributed by atoms with Crippen molar-refractivity contribution in [3.05, 3.63) is 12.2 Å². The number of rotatable bonds is 14. The minimum absolute atomic E-state index is 0.325. The largest absolute Gasteiger partial charge is 0.457 e. The Labute approximate surface area is 129 Å². The van der Waals surface area contributed by atoms with E-state index in [2.05, 4.69) is 19.1 Å². The van der Waals surface area contributed by atoms with Gasteiger partial charge in [0.1, 0.15) is 6.10 Å². The van der Waals surface area contributed by atoms with Gasteiger partial charge in [0.25, 0.3) is 0 Å². The Balaban J connectivity index is 3.32. The van der Waals surface area contributed by atoms with Crippen molar-refractivity contribution in [2.75, 3.05) is 13.2 Å². The summed E-state index contributed by atoms with van der Waals surface area (Å²) in [7, 11) is 0. The Hall–Kier alpha value is -0.870. The Morgan fingerprint density at radius 3 is 2.14 bits per heavy atom. The molecule has 2 N–H and O–H groups in total. The van der Waals surface area contributed by atoms with E-state index in [1.165, 1.54) is 32.1 Å². The van der Waals surface area contributed by atoms with Crippen LogP contribution in [0.3, 0.4) is 0 Å². The second kappa shape index (κ2) is 15.5. The zero-order valence-corrected chi connectivity index (χ0v) is 13.4. The van der Waals surface area contributed by atoms with Crippen LogP contribution in [0.1, 0.15) is 71.1 Å². The maximum absolute atomic E-state index is 11.4. The first-order valence-electron chi connectivity index (χ1n) is 8.30. The summed E-state index contributed by atoms with van der Waals surface area (Å²) < 4.78 is 4.89. The zero-order chi connectivity index (χ0) is 15.8. The van der Waals surface area contributed by atoms with E-state index in [4.69, 9.17) is 14.9 Å². The van der Waals surface area contributed by atoms with Gasteiger partial charge in [-0.1, -0.05) is 51.2 Å². The smallest absolute Gasteiger partial charge is 0.306 e. The number of hydrogen-bond acceptors (Lipinski definition) is 4. The normalized spacial score (nSPS) is 11.4. The van der Waals surface area contributed by atoms with Gasteiger partial charge in [-0.05, 0) is 25.7 Å².